The third-order valence-electron chi connectivity index (χ3n) is 3.72. The van der Waals surface area contributed by atoms with Crippen LogP contribution in [0.2, 0.25) is 0 Å². The van der Waals surface area contributed by atoms with Gasteiger partial charge in [-0.05, 0) is 5.92 Å². The third kappa shape index (κ3) is 1.19. The van der Waals surface area contributed by atoms with Gasteiger partial charge in [0.05, 0.1) is 11.7 Å². The largest absolute Gasteiger partial charge is 0.447 e. The molecule has 6 nitrogen and oxygen atoms in total. The molecular weight excluding hydrogens is 238 g/mol. The summed E-state index contributed by atoms with van der Waals surface area (Å²) in [7, 11) is 1.44. The van der Waals surface area contributed by atoms with E-state index in [4.69, 9.17) is 4.42 Å². The van der Waals surface area contributed by atoms with Gasteiger partial charge in [-0.3, -0.25) is 9.59 Å². The molecule has 0 bridgehead atoms. The fourth-order valence-corrected chi connectivity index (χ4v) is 2.62. The average molecular weight is 251 g/mol. The van der Waals surface area contributed by atoms with Gasteiger partial charge in [0.15, 0.2) is 17.8 Å². The van der Waals surface area contributed by atoms with Crippen molar-refractivity contribution in [3.63, 3.8) is 0 Å². The number of carbonyl (C=O) groups excluding carboxylic acids is 2. The molecule has 1 aromatic rings. The smallest absolute Gasteiger partial charge is 0.292 e. The number of furan rings is 1. The lowest BCUT2D eigenvalue weighted by atomic mass is 9.83. The SMILES string of the molecule is CC1CC(=O)c2oc3c(c2C1O)C(O)N(C)C3=O. The molecule has 3 unspecified atom stereocenters. The van der Waals surface area contributed by atoms with Crippen molar-refractivity contribution < 1.29 is 24.2 Å². The zero-order valence-corrected chi connectivity index (χ0v) is 10.0. The van der Waals surface area contributed by atoms with Crippen LogP contribution < -0.4 is 0 Å². The Balaban J connectivity index is 2.25. The maximum atomic E-state index is 11.8. The maximum absolute atomic E-state index is 11.8. The van der Waals surface area contributed by atoms with E-state index in [1.165, 1.54) is 7.05 Å². The summed E-state index contributed by atoms with van der Waals surface area (Å²) in [5.74, 6) is -0.970. The Kier molecular flexibility index (Phi) is 2.18. The zero-order chi connectivity index (χ0) is 13.2. The maximum Gasteiger partial charge on any atom is 0.292 e. The highest BCUT2D eigenvalue weighted by Crippen LogP contribution is 2.45. The molecule has 2 heterocycles. The number of aliphatic hydroxyl groups is 2. The quantitative estimate of drug-likeness (QED) is 0.705. The summed E-state index contributed by atoms with van der Waals surface area (Å²) in [6, 6.07) is 0. The monoisotopic (exact) mass is 251 g/mol. The van der Waals surface area contributed by atoms with Crippen LogP contribution in [0.3, 0.4) is 0 Å². The number of carbonyl (C=O) groups is 2. The Morgan fingerprint density at radius 1 is 1.22 bits per heavy atom. The highest BCUT2D eigenvalue weighted by atomic mass is 16.4. The minimum Gasteiger partial charge on any atom is -0.447 e. The van der Waals surface area contributed by atoms with Gasteiger partial charge in [-0.1, -0.05) is 6.92 Å². The Hall–Kier alpha value is -1.66. The van der Waals surface area contributed by atoms with Gasteiger partial charge in [0, 0.05) is 19.0 Å². The number of ketones is 1. The first-order chi connectivity index (χ1) is 8.43. The second-order valence-electron chi connectivity index (χ2n) is 4.93. The first-order valence-corrected chi connectivity index (χ1v) is 5.76. The number of rotatable bonds is 0. The number of Topliss-reactive ketones (excluding diaryl/α,β-unsaturated/α-hetero) is 1. The molecule has 2 N–H and O–H groups in total. The molecule has 6 heteroatoms. The number of fused-ring (bicyclic) bond motifs is 3. The van der Waals surface area contributed by atoms with Crippen LogP contribution in [0.4, 0.5) is 0 Å². The van der Waals surface area contributed by atoms with Gasteiger partial charge in [0.2, 0.25) is 5.76 Å². The van der Waals surface area contributed by atoms with Gasteiger partial charge < -0.3 is 19.5 Å². The lowest BCUT2D eigenvalue weighted by Gasteiger charge is -2.25. The van der Waals surface area contributed by atoms with E-state index in [2.05, 4.69) is 0 Å². The Morgan fingerprint density at radius 2 is 1.89 bits per heavy atom. The van der Waals surface area contributed by atoms with Crippen LogP contribution in [0.15, 0.2) is 4.42 Å². The molecule has 18 heavy (non-hydrogen) atoms. The van der Waals surface area contributed by atoms with Crippen LogP contribution in [0, 0.1) is 5.92 Å². The second-order valence-corrected chi connectivity index (χ2v) is 4.93. The van der Waals surface area contributed by atoms with Crippen molar-refractivity contribution in [3.8, 4) is 0 Å². The molecule has 3 rings (SSSR count). The van der Waals surface area contributed by atoms with Gasteiger partial charge in [-0.25, -0.2) is 0 Å². The van der Waals surface area contributed by atoms with Gasteiger partial charge >= 0.3 is 0 Å². The van der Waals surface area contributed by atoms with Crippen LogP contribution in [0.5, 0.6) is 0 Å². The summed E-state index contributed by atoms with van der Waals surface area (Å²) in [6.07, 6.45) is -1.87. The van der Waals surface area contributed by atoms with Gasteiger partial charge in [0.25, 0.3) is 5.91 Å². The zero-order valence-electron chi connectivity index (χ0n) is 10.0. The van der Waals surface area contributed by atoms with Crippen molar-refractivity contribution in [1.82, 2.24) is 4.90 Å². The summed E-state index contributed by atoms with van der Waals surface area (Å²) in [5, 5.41) is 20.1. The summed E-state index contributed by atoms with van der Waals surface area (Å²) < 4.78 is 5.27. The molecule has 1 aliphatic carbocycles. The van der Waals surface area contributed by atoms with Gasteiger partial charge in [0.1, 0.15) is 0 Å². The van der Waals surface area contributed by atoms with Crippen LogP contribution in [0.25, 0.3) is 0 Å². The lowest BCUT2D eigenvalue weighted by molar-refractivity contribution is 0.0254. The minimum absolute atomic E-state index is 0.0195. The fraction of sp³-hybridized carbons (Fsp3) is 0.500. The van der Waals surface area contributed by atoms with E-state index in [-0.39, 0.29) is 40.8 Å². The second kappa shape index (κ2) is 3.43. The van der Waals surface area contributed by atoms with Crippen molar-refractivity contribution >= 4 is 11.7 Å². The van der Waals surface area contributed by atoms with E-state index in [1.54, 1.807) is 6.92 Å². The molecule has 96 valence electrons. The molecule has 0 saturated heterocycles. The molecule has 3 atom stereocenters. The molecule has 0 spiro atoms. The minimum atomic E-state index is -1.16. The predicted octanol–water partition coefficient (Wildman–Crippen LogP) is 0.612. The Bertz CT molecular complexity index is 561. The van der Waals surface area contributed by atoms with E-state index < -0.39 is 18.2 Å². The van der Waals surface area contributed by atoms with Crippen molar-refractivity contribution in [2.75, 3.05) is 7.05 Å². The Labute approximate surface area is 103 Å². The van der Waals surface area contributed by atoms with Crippen LogP contribution >= 0.6 is 0 Å². The third-order valence-corrected chi connectivity index (χ3v) is 3.72. The number of amides is 1. The normalized spacial score (nSPS) is 30.7. The first-order valence-electron chi connectivity index (χ1n) is 5.76. The van der Waals surface area contributed by atoms with Crippen LogP contribution in [-0.2, 0) is 0 Å². The van der Waals surface area contributed by atoms with E-state index in [9.17, 15) is 19.8 Å². The van der Waals surface area contributed by atoms with Crippen molar-refractivity contribution in [2.24, 2.45) is 5.92 Å². The average Bonchev–Trinajstić information content (AvgIpc) is 2.81. The molecular formula is C12H13NO5. The summed E-state index contributed by atoms with van der Waals surface area (Å²) in [6.45, 7) is 1.75. The standard InChI is InChI=1S/C12H13NO5/c1-4-3-5(14)9-6(8(4)15)7-10(18-9)12(17)13(2)11(7)16/h4,8,11,15-16H,3H2,1-2H3. The molecule has 0 fully saturated rings. The van der Waals surface area contributed by atoms with Crippen LogP contribution in [-0.4, -0.2) is 33.9 Å². The predicted molar refractivity (Wildman–Crippen MR) is 58.8 cm³/mol. The first kappa shape index (κ1) is 11.4. The Morgan fingerprint density at radius 3 is 2.56 bits per heavy atom. The topological polar surface area (TPSA) is 91.0 Å². The van der Waals surface area contributed by atoms with E-state index in [0.717, 1.165) is 4.90 Å². The van der Waals surface area contributed by atoms with Crippen molar-refractivity contribution in [2.45, 2.75) is 25.7 Å². The van der Waals surface area contributed by atoms with Crippen molar-refractivity contribution in [1.29, 1.82) is 0 Å². The molecule has 1 aliphatic heterocycles. The molecule has 1 aromatic heterocycles. The number of hydrogen-bond acceptors (Lipinski definition) is 5. The fourth-order valence-electron chi connectivity index (χ4n) is 2.62. The van der Waals surface area contributed by atoms with E-state index >= 15 is 0 Å². The highest BCUT2D eigenvalue weighted by molar-refractivity contribution is 6.02. The van der Waals surface area contributed by atoms with E-state index in [1.807, 2.05) is 0 Å². The number of nitrogens with zero attached hydrogens (tertiary/aromatic N) is 1. The molecule has 0 radical (unpaired) electrons. The lowest BCUT2D eigenvalue weighted by Crippen LogP contribution is -2.26. The number of hydrogen-bond donors (Lipinski definition) is 2. The number of aliphatic hydroxyl groups excluding tert-OH is 2. The summed E-state index contributed by atoms with van der Waals surface area (Å²) in [5.41, 5.74) is 0.517. The summed E-state index contributed by atoms with van der Waals surface area (Å²) >= 11 is 0. The van der Waals surface area contributed by atoms with Crippen LogP contribution in [0.1, 0.15) is 57.9 Å². The summed E-state index contributed by atoms with van der Waals surface area (Å²) in [4.78, 5) is 24.7. The highest BCUT2D eigenvalue weighted by Gasteiger charge is 2.46. The molecule has 2 aliphatic rings. The van der Waals surface area contributed by atoms with E-state index in [0.29, 0.717) is 0 Å². The molecule has 0 saturated carbocycles. The van der Waals surface area contributed by atoms with Gasteiger partial charge in [-0.2, -0.15) is 0 Å². The van der Waals surface area contributed by atoms with Gasteiger partial charge in [-0.15, -0.1) is 0 Å². The molecule has 1 amide bonds. The van der Waals surface area contributed by atoms with Crippen molar-refractivity contribution in [3.05, 3.63) is 22.6 Å². The molecule has 0 aromatic carbocycles.